The molecule has 4 saturated heterocycles. The molecule has 1 aromatic rings. The molecule has 6 nitrogen and oxygen atoms in total. The Labute approximate surface area is 164 Å². The zero-order valence-corrected chi connectivity index (χ0v) is 16.4. The van der Waals surface area contributed by atoms with E-state index in [4.69, 9.17) is 14.5 Å². The lowest BCUT2D eigenvalue weighted by Gasteiger charge is -2.60. The van der Waals surface area contributed by atoms with Crippen LogP contribution in [0, 0.1) is 17.8 Å². The number of rotatable bonds is 3. The number of aliphatic imine (C=N–C) groups is 1. The Morgan fingerprint density at radius 3 is 2.93 bits per heavy atom. The van der Waals surface area contributed by atoms with Gasteiger partial charge in [-0.3, -0.25) is 14.7 Å². The fourth-order valence-corrected chi connectivity index (χ4v) is 7.47. The fraction of sp³-hybridized carbons (Fsp3) is 0.636. The van der Waals surface area contributed by atoms with Gasteiger partial charge < -0.3 is 14.6 Å². The lowest BCUT2D eigenvalue weighted by atomic mass is 9.63. The van der Waals surface area contributed by atoms with Crippen LogP contribution in [0.4, 0.5) is 5.69 Å². The van der Waals surface area contributed by atoms with Gasteiger partial charge in [-0.2, -0.15) is 0 Å². The number of aliphatic hydroxyl groups is 1. The summed E-state index contributed by atoms with van der Waals surface area (Å²) < 4.78 is 11.7. The zero-order valence-electron chi connectivity index (χ0n) is 16.4. The molecular formula is C22H26N2O4. The van der Waals surface area contributed by atoms with Crippen LogP contribution in [0.25, 0.3) is 0 Å². The molecule has 0 radical (unpaired) electrons. The Kier molecular flexibility index (Phi) is 3.32. The maximum absolute atomic E-state index is 12.2. The Hall–Kier alpha value is -1.76. The fourth-order valence-electron chi connectivity index (χ4n) is 7.47. The van der Waals surface area contributed by atoms with Crippen LogP contribution in [-0.2, 0) is 19.7 Å². The van der Waals surface area contributed by atoms with Gasteiger partial charge in [-0.05, 0) is 37.3 Å². The number of aliphatic hydroxyl groups excluding tert-OH is 1. The quantitative estimate of drug-likeness (QED) is 0.810. The van der Waals surface area contributed by atoms with Crippen molar-refractivity contribution < 1.29 is 19.4 Å². The van der Waals surface area contributed by atoms with Crippen molar-refractivity contribution in [3.63, 3.8) is 0 Å². The molecule has 7 rings (SSSR count). The van der Waals surface area contributed by atoms with Crippen molar-refractivity contribution in [3.05, 3.63) is 29.8 Å². The van der Waals surface area contributed by atoms with Crippen LogP contribution in [0.15, 0.2) is 29.3 Å². The second-order valence-electron chi connectivity index (χ2n) is 9.16. The van der Waals surface area contributed by atoms with Crippen LogP contribution < -0.4 is 0 Å². The van der Waals surface area contributed by atoms with E-state index in [1.54, 1.807) is 7.11 Å². The maximum atomic E-state index is 12.2. The highest BCUT2D eigenvalue weighted by Crippen LogP contribution is 2.67. The number of piperidine rings is 4. The highest BCUT2D eigenvalue weighted by Gasteiger charge is 2.76. The average Bonchev–Trinajstić information content (AvgIpc) is 3.14. The summed E-state index contributed by atoms with van der Waals surface area (Å²) in [6.07, 6.45) is 0.995. The third-order valence-corrected chi connectivity index (χ3v) is 8.29. The average molecular weight is 382 g/mol. The standard InChI is InChI=1S/C22H26N2O4/c1-10(27-3)17-12-8-15-19-22(13-6-4-5-7-14(13)23-19)9-16(24(15)21(17)26)18(12)20(22)28-11(2)25/h4-7,10,12,15-18,20-21,26H,8-9H2,1-3H3/t10-,12+,15+,16+,17+,18+,20-,21-,22-/m1/s1. The molecule has 1 aliphatic carbocycles. The minimum atomic E-state index is -0.541. The van der Waals surface area contributed by atoms with Gasteiger partial charge in [0.05, 0.1) is 29.0 Å². The van der Waals surface area contributed by atoms with Gasteiger partial charge in [-0.1, -0.05) is 18.2 Å². The van der Waals surface area contributed by atoms with Crippen molar-refractivity contribution in [2.45, 2.75) is 62.6 Å². The van der Waals surface area contributed by atoms with Crippen molar-refractivity contribution in [2.75, 3.05) is 7.11 Å². The second-order valence-corrected chi connectivity index (χ2v) is 9.16. The van der Waals surface area contributed by atoms with Crippen LogP contribution in [0.1, 0.15) is 32.3 Å². The van der Waals surface area contributed by atoms with Crippen molar-refractivity contribution in [1.29, 1.82) is 0 Å². The minimum Gasteiger partial charge on any atom is -0.461 e. The van der Waals surface area contributed by atoms with Crippen molar-refractivity contribution in [3.8, 4) is 0 Å². The first-order valence-electron chi connectivity index (χ1n) is 10.3. The van der Waals surface area contributed by atoms with E-state index in [1.807, 2.05) is 13.0 Å². The zero-order chi connectivity index (χ0) is 19.4. The van der Waals surface area contributed by atoms with Gasteiger partial charge >= 0.3 is 5.97 Å². The van der Waals surface area contributed by atoms with Crippen molar-refractivity contribution >= 4 is 17.4 Å². The van der Waals surface area contributed by atoms with Crippen molar-refractivity contribution in [2.24, 2.45) is 22.7 Å². The van der Waals surface area contributed by atoms with E-state index in [2.05, 4.69) is 23.1 Å². The third-order valence-electron chi connectivity index (χ3n) is 8.29. The molecule has 5 bridgehead atoms. The number of para-hydroxylation sites is 1. The largest absolute Gasteiger partial charge is 0.461 e. The number of hydrogen-bond acceptors (Lipinski definition) is 6. The van der Waals surface area contributed by atoms with E-state index >= 15 is 0 Å². The Morgan fingerprint density at radius 2 is 2.18 bits per heavy atom. The summed E-state index contributed by atoms with van der Waals surface area (Å²) in [7, 11) is 1.71. The number of esters is 1. The number of nitrogens with zero attached hydrogens (tertiary/aromatic N) is 2. The molecule has 1 unspecified atom stereocenters. The lowest BCUT2D eigenvalue weighted by Crippen LogP contribution is -2.71. The number of benzene rings is 1. The molecule has 6 aliphatic rings. The molecule has 1 saturated carbocycles. The molecule has 6 heteroatoms. The molecule has 0 amide bonds. The van der Waals surface area contributed by atoms with E-state index < -0.39 is 6.23 Å². The number of carbonyl (C=O) groups is 1. The van der Waals surface area contributed by atoms with E-state index in [0.717, 1.165) is 24.2 Å². The molecule has 148 valence electrons. The van der Waals surface area contributed by atoms with Gasteiger partial charge in [-0.25, -0.2) is 0 Å². The van der Waals surface area contributed by atoms with Crippen LogP contribution >= 0.6 is 0 Å². The second kappa shape index (κ2) is 5.43. The van der Waals surface area contributed by atoms with E-state index in [-0.39, 0.29) is 53.4 Å². The maximum Gasteiger partial charge on any atom is 0.302 e. The summed E-state index contributed by atoms with van der Waals surface area (Å²) in [5.41, 5.74) is 2.96. The van der Waals surface area contributed by atoms with E-state index in [1.165, 1.54) is 12.5 Å². The monoisotopic (exact) mass is 382 g/mol. The number of fused-ring (bicyclic) bond motifs is 2. The van der Waals surface area contributed by atoms with Crippen LogP contribution in [0.5, 0.6) is 0 Å². The number of ether oxygens (including phenoxy) is 2. The highest BCUT2D eigenvalue weighted by atomic mass is 16.5. The van der Waals surface area contributed by atoms with Crippen molar-refractivity contribution in [1.82, 2.24) is 4.90 Å². The number of methoxy groups -OCH3 is 1. The molecule has 1 N–H and O–H groups in total. The molecule has 5 fully saturated rings. The molecule has 0 aromatic heterocycles. The Balaban J connectivity index is 1.56. The molecular weight excluding hydrogens is 356 g/mol. The summed E-state index contributed by atoms with van der Waals surface area (Å²) in [4.78, 5) is 19.5. The van der Waals surface area contributed by atoms with Gasteiger partial charge in [0, 0.05) is 31.9 Å². The lowest BCUT2D eigenvalue weighted by molar-refractivity contribution is -0.221. The van der Waals surface area contributed by atoms with Gasteiger partial charge in [0.2, 0.25) is 0 Å². The molecule has 5 heterocycles. The summed E-state index contributed by atoms with van der Waals surface area (Å²) in [5.74, 6) is 0.242. The van der Waals surface area contributed by atoms with E-state index in [9.17, 15) is 9.90 Å². The minimum absolute atomic E-state index is 0.0189. The first kappa shape index (κ1) is 17.1. The summed E-state index contributed by atoms with van der Waals surface area (Å²) in [5, 5.41) is 11.3. The first-order valence-corrected chi connectivity index (χ1v) is 10.3. The van der Waals surface area contributed by atoms with Gasteiger partial charge in [-0.15, -0.1) is 0 Å². The van der Waals surface area contributed by atoms with Crippen LogP contribution in [-0.4, -0.2) is 59.3 Å². The van der Waals surface area contributed by atoms with Gasteiger partial charge in [0.25, 0.3) is 0 Å². The Morgan fingerprint density at radius 1 is 1.39 bits per heavy atom. The third kappa shape index (κ3) is 1.76. The molecule has 10 atom stereocenters. The van der Waals surface area contributed by atoms with Crippen LogP contribution in [0.3, 0.4) is 0 Å². The van der Waals surface area contributed by atoms with E-state index in [0.29, 0.717) is 0 Å². The summed E-state index contributed by atoms with van der Waals surface area (Å²) in [6.45, 7) is 3.54. The topological polar surface area (TPSA) is 71.4 Å². The molecule has 1 aromatic carbocycles. The predicted molar refractivity (Wildman–Crippen MR) is 102 cm³/mol. The first-order chi connectivity index (χ1) is 13.5. The SMILES string of the molecule is CO[C@H](C)[C@H]1[C@@H]2C[C@H]3C4=Nc5ccccc5[C@]45C[C@@H]([C@H]2[C@H]5OC(C)=O)N3[C@@H]1O. The molecule has 5 aliphatic heterocycles. The summed E-state index contributed by atoms with van der Waals surface area (Å²) in [6, 6.07) is 8.61. The normalized spacial score (nSPS) is 47.5. The molecule has 1 spiro atoms. The number of hydrogen-bond donors (Lipinski definition) is 1. The smallest absolute Gasteiger partial charge is 0.302 e. The number of carbonyl (C=O) groups excluding carboxylic acids is 1. The predicted octanol–water partition coefficient (Wildman–Crippen LogP) is 2.02. The van der Waals surface area contributed by atoms with Gasteiger partial charge in [0.15, 0.2) is 0 Å². The van der Waals surface area contributed by atoms with Gasteiger partial charge in [0.1, 0.15) is 12.3 Å². The summed E-state index contributed by atoms with van der Waals surface area (Å²) >= 11 is 0. The Bertz CT molecular complexity index is 900. The van der Waals surface area contributed by atoms with Crippen LogP contribution in [0.2, 0.25) is 0 Å². The highest BCUT2D eigenvalue weighted by molar-refractivity contribution is 6.07. The molecule has 28 heavy (non-hydrogen) atoms.